The van der Waals surface area contributed by atoms with Crippen LogP contribution in [0, 0.1) is 23.7 Å². The highest BCUT2D eigenvalue weighted by atomic mass is 15.3. The van der Waals surface area contributed by atoms with Crippen molar-refractivity contribution < 1.29 is 0 Å². The monoisotopic (exact) mass is 291 g/mol. The van der Waals surface area contributed by atoms with E-state index in [4.69, 9.17) is 0 Å². The van der Waals surface area contributed by atoms with E-state index >= 15 is 0 Å². The third-order valence-electron chi connectivity index (χ3n) is 7.25. The standard InChI is InChI=1S/C18H33N3/c1-4-20-6-5-13-7-14(8-17(13)20)16-11-21(12(2)3)18-10-19-9-15(16)18/h12-19H,4-11H2,1-3H3. The average molecular weight is 291 g/mol. The van der Waals surface area contributed by atoms with Crippen molar-refractivity contribution in [3.05, 3.63) is 0 Å². The molecule has 1 N–H and O–H groups in total. The van der Waals surface area contributed by atoms with Crippen molar-refractivity contribution in [3.63, 3.8) is 0 Å². The molecular formula is C18H33N3. The minimum atomic E-state index is 0.718. The van der Waals surface area contributed by atoms with Gasteiger partial charge < -0.3 is 10.2 Å². The summed E-state index contributed by atoms with van der Waals surface area (Å²) in [5.74, 6) is 3.93. The molecule has 3 heterocycles. The summed E-state index contributed by atoms with van der Waals surface area (Å²) in [6.45, 7) is 13.7. The van der Waals surface area contributed by atoms with Crippen molar-refractivity contribution in [1.29, 1.82) is 0 Å². The van der Waals surface area contributed by atoms with E-state index in [0.717, 1.165) is 41.8 Å². The summed E-state index contributed by atoms with van der Waals surface area (Å²) in [5.41, 5.74) is 0. The lowest BCUT2D eigenvalue weighted by Crippen LogP contribution is -2.39. The van der Waals surface area contributed by atoms with Crippen LogP contribution in [-0.4, -0.2) is 60.6 Å². The van der Waals surface area contributed by atoms with Gasteiger partial charge in [-0.1, -0.05) is 6.92 Å². The van der Waals surface area contributed by atoms with Gasteiger partial charge in [0.05, 0.1) is 0 Å². The quantitative estimate of drug-likeness (QED) is 0.858. The highest BCUT2D eigenvalue weighted by Gasteiger charge is 2.51. The van der Waals surface area contributed by atoms with Crippen molar-refractivity contribution in [2.45, 2.75) is 58.2 Å². The lowest BCUT2D eigenvalue weighted by molar-refractivity contribution is 0.194. The molecule has 120 valence electrons. The molecule has 0 spiro atoms. The lowest BCUT2D eigenvalue weighted by atomic mass is 9.81. The van der Waals surface area contributed by atoms with Crippen LogP contribution in [0.4, 0.5) is 0 Å². The molecule has 3 saturated heterocycles. The highest BCUT2D eigenvalue weighted by Crippen LogP contribution is 2.49. The molecule has 3 nitrogen and oxygen atoms in total. The van der Waals surface area contributed by atoms with E-state index in [1.54, 1.807) is 0 Å². The number of fused-ring (bicyclic) bond motifs is 2. The van der Waals surface area contributed by atoms with Crippen molar-refractivity contribution >= 4 is 0 Å². The zero-order chi connectivity index (χ0) is 14.6. The van der Waals surface area contributed by atoms with Gasteiger partial charge in [0, 0.05) is 31.2 Å². The van der Waals surface area contributed by atoms with Gasteiger partial charge in [0.1, 0.15) is 0 Å². The molecule has 21 heavy (non-hydrogen) atoms. The first kappa shape index (κ1) is 14.5. The summed E-state index contributed by atoms with van der Waals surface area (Å²) in [7, 11) is 0. The summed E-state index contributed by atoms with van der Waals surface area (Å²) in [5, 5.41) is 3.68. The third kappa shape index (κ3) is 2.27. The second-order valence-corrected chi connectivity index (χ2v) is 8.32. The molecule has 3 aliphatic heterocycles. The number of nitrogens with one attached hydrogen (secondary N) is 1. The smallest absolute Gasteiger partial charge is 0.0267 e. The van der Waals surface area contributed by atoms with E-state index < -0.39 is 0 Å². The molecule has 0 aromatic heterocycles. The van der Waals surface area contributed by atoms with Gasteiger partial charge in [-0.2, -0.15) is 0 Å². The SMILES string of the molecule is CCN1CCC2CC(C3CN(C(C)C)C4CNCC34)CC21. The van der Waals surface area contributed by atoms with E-state index in [9.17, 15) is 0 Å². The highest BCUT2D eigenvalue weighted by molar-refractivity contribution is 5.05. The molecular weight excluding hydrogens is 258 g/mol. The first-order chi connectivity index (χ1) is 10.2. The summed E-state index contributed by atoms with van der Waals surface area (Å²) in [6.07, 6.45) is 4.50. The minimum Gasteiger partial charge on any atom is -0.315 e. The van der Waals surface area contributed by atoms with Crippen molar-refractivity contribution in [3.8, 4) is 0 Å². The Morgan fingerprint density at radius 1 is 1.05 bits per heavy atom. The van der Waals surface area contributed by atoms with Gasteiger partial charge in [0.15, 0.2) is 0 Å². The molecule has 0 radical (unpaired) electrons. The zero-order valence-electron chi connectivity index (χ0n) is 14.1. The van der Waals surface area contributed by atoms with Crippen molar-refractivity contribution in [1.82, 2.24) is 15.1 Å². The van der Waals surface area contributed by atoms with Gasteiger partial charge in [-0.15, -0.1) is 0 Å². The molecule has 3 heteroatoms. The van der Waals surface area contributed by atoms with Gasteiger partial charge in [-0.05, 0) is 76.4 Å². The van der Waals surface area contributed by atoms with Crippen LogP contribution in [-0.2, 0) is 0 Å². The maximum atomic E-state index is 3.68. The van der Waals surface area contributed by atoms with Gasteiger partial charge in [0.2, 0.25) is 0 Å². The predicted molar refractivity (Wildman–Crippen MR) is 87.3 cm³/mol. The molecule has 1 aliphatic carbocycles. The Morgan fingerprint density at radius 3 is 2.67 bits per heavy atom. The largest absolute Gasteiger partial charge is 0.315 e. The fourth-order valence-electron chi connectivity index (χ4n) is 6.23. The van der Waals surface area contributed by atoms with Crippen LogP contribution in [0.25, 0.3) is 0 Å². The summed E-state index contributed by atoms with van der Waals surface area (Å²) >= 11 is 0. The van der Waals surface area contributed by atoms with Crippen LogP contribution in [0.2, 0.25) is 0 Å². The first-order valence-corrected chi connectivity index (χ1v) is 9.39. The van der Waals surface area contributed by atoms with E-state index in [1.165, 1.54) is 52.0 Å². The molecule has 4 fully saturated rings. The van der Waals surface area contributed by atoms with Gasteiger partial charge in [-0.25, -0.2) is 0 Å². The van der Waals surface area contributed by atoms with Crippen LogP contribution < -0.4 is 5.32 Å². The Bertz CT molecular complexity index is 383. The number of rotatable bonds is 3. The molecule has 0 bridgehead atoms. The normalized spacial score (nSPS) is 47.4. The van der Waals surface area contributed by atoms with Crippen LogP contribution in [0.5, 0.6) is 0 Å². The van der Waals surface area contributed by atoms with Crippen molar-refractivity contribution in [2.75, 3.05) is 32.7 Å². The molecule has 4 aliphatic rings. The molecule has 4 rings (SSSR count). The van der Waals surface area contributed by atoms with Crippen LogP contribution in [0.3, 0.4) is 0 Å². The van der Waals surface area contributed by atoms with Crippen LogP contribution in [0.15, 0.2) is 0 Å². The minimum absolute atomic E-state index is 0.718. The van der Waals surface area contributed by atoms with E-state index in [0.29, 0.717) is 0 Å². The summed E-state index contributed by atoms with van der Waals surface area (Å²) < 4.78 is 0. The Morgan fingerprint density at radius 2 is 1.90 bits per heavy atom. The molecule has 1 saturated carbocycles. The molecule has 0 amide bonds. The van der Waals surface area contributed by atoms with Crippen LogP contribution in [0.1, 0.15) is 40.0 Å². The average Bonchev–Trinajstić information content (AvgIpc) is 3.17. The van der Waals surface area contributed by atoms with Gasteiger partial charge in [0.25, 0.3) is 0 Å². The molecule has 6 unspecified atom stereocenters. The molecule has 0 aromatic carbocycles. The summed E-state index contributed by atoms with van der Waals surface area (Å²) in [4.78, 5) is 5.57. The number of hydrogen-bond acceptors (Lipinski definition) is 3. The molecule has 0 aromatic rings. The maximum Gasteiger partial charge on any atom is 0.0267 e. The zero-order valence-corrected chi connectivity index (χ0v) is 14.1. The predicted octanol–water partition coefficient (Wildman–Crippen LogP) is 2.04. The Hall–Kier alpha value is -0.120. The van der Waals surface area contributed by atoms with E-state index in [2.05, 4.69) is 35.9 Å². The second kappa shape index (κ2) is 5.50. The number of nitrogens with zero attached hydrogens (tertiary/aromatic N) is 2. The summed E-state index contributed by atoms with van der Waals surface area (Å²) in [6, 6.07) is 2.48. The fourth-order valence-corrected chi connectivity index (χ4v) is 6.23. The Labute approximate surface area is 130 Å². The second-order valence-electron chi connectivity index (χ2n) is 8.32. The Balaban J connectivity index is 1.48. The van der Waals surface area contributed by atoms with Crippen LogP contribution >= 0.6 is 0 Å². The Kier molecular flexibility index (Phi) is 3.79. The first-order valence-electron chi connectivity index (χ1n) is 9.39. The topological polar surface area (TPSA) is 18.5 Å². The van der Waals surface area contributed by atoms with Gasteiger partial charge >= 0.3 is 0 Å². The molecule has 6 atom stereocenters. The third-order valence-corrected chi connectivity index (χ3v) is 7.25. The number of likely N-dealkylation sites (tertiary alicyclic amines) is 2. The maximum absolute atomic E-state index is 3.68. The van der Waals surface area contributed by atoms with Crippen molar-refractivity contribution in [2.24, 2.45) is 23.7 Å². The van der Waals surface area contributed by atoms with Gasteiger partial charge in [-0.3, -0.25) is 4.90 Å². The fraction of sp³-hybridized carbons (Fsp3) is 1.00. The van der Waals surface area contributed by atoms with E-state index in [-0.39, 0.29) is 0 Å². The lowest BCUT2D eigenvalue weighted by Gasteiger charge is -2.27. The number of hydrogen-bond donors (Lipinski definition) is 1. The van der Waals surface area contributed by atoms with E-state index in [1.807, 2.05) is 0 Å².